The zero-order valence-corrected chi connectivity index (χ0v) is 13.9. The van der Waals surface area contributed by atoms with Crippen molar-refractivity contribution in [1.29, 1.82) is 0 Å². The second-order valence-electron chi connectivity index (χ2n) is 6.89. The van der Waals surface area contributed by atoms with Crippen LogP contribution < -0.4 is 0 Å². The molecular weight excluding hydrogens is 306 g/mol. The molecule has 0 bridgehead atoms. The maximum absolute atomic E-state index is 12.5. The average Bonchev–Trinajstić information content (AvgIpc) is 2.63. The summed E-state index contributed by atoms with van der Waals surface area (Å²) in [4.78, 5) is 26.3. The summed E-state index contributed by atoms with van der Waals surface area (Å²) in [6.45, 7) is 2.52. The molecule has 130 valence electrons. The molecule has 1 amide bonds. The highest BCUT2D eigenvalue weighted by atomic mass is 16.5. The molecule has 24 heavy (non-hydrogen) atoms. The number of carboxylic acid groups (broad SMARTS) is 1. The SMILES string of the molecule is O=C(CC1CCOCC1)N1CCC(C(=O)O)(c2ccccc2)CC1. The molecule has 3 rings (SSSR count). The third-order valence-electron chi connectivity index (χ3n) is 5.51. The summed E-state index contributed by atoms with van der Waals surface area (Å²) in [7, 11) is 0. The van der Waals surface area contributed by atoms with E-state index in [1.807, 2.05) is 35.2 Å². The molecule has 0 atom stereocenters. The number of hydrogen-bond donors (Lipinski definition) is 1. The van der Waals surface area contributed by atoms with Crippen LogP contribution >= 0.6 is 0 Å². The Morgan fingerprint density at radius 3 is 2.33 bits per heavy atom. The Bertz CT molecular complexity index is 572. The van der Waals surface area contributed by atoms with Gasteiger partial charge in [-0.15, -0.1) is 0 Å². The van der Waals surface area contributed by atoms with Crippen molar-refractivity contribution in [3.63, 3.8) is 0 Å². The first-order chi connectivity index (χ1) is 11.6. The molecule has 5 heteroatoms. The Morgan fingerprint density at radius 2 is 1.75 bits per heavy atom. The lowest BCUT2D eigenvalue weighted by Crippen LogP contribution is -2.49. The number of benzene rings is 1. The fourth-order valence-corrected chi connectivity index (χ4v) is 3.85. The maximum Gasteiger partial charge on any atom is 0.314 e. The topological polar surface area (TPSA) is 66.8 Å². The van der Waals surface area contributed by atoms with Gasteiger partial charge in [0.25, 0.3) is 0 Å². The fourth-order valence-electron chi connectivity index (χ4n) is 3.85. The molecule has 0 spiro atoms. The van der Waals surface area contributed by atoms with Crippen LogP contribution in [0.3, 0.4) is 0 Å². The predicted octanol–water partition coefficient (Wildman–Crippen LogP) is 2.45. The van der Waals surface area contributed by atoms with Crippen LogP contribution in [0, 0.1) is 5.92 Å². The Balaban J connectivity index is 1.63. The van der Waals surface area contributed by atoms with Gasteiger partial charge in [0, 0.05) is 32.7 Å². The molecule has 0 radical (unpaired) electrons. The Morgan fingerprint density at radius 1 is 1.12 bits per heavy atom. The molecule has 0 aliphatic carbocycles. The number of aliphatic carboxylic acids is 1. The third-order valence-corrected chi connectivity index (χ3v) is 5.51. The van der Waals surface area contributed by atoms with Gasteiger partial charge < -0.3 is 14.7 Å². The van der Waals surface area contributed by atoms with Crippen LogP contribution in [0.2, 0.25) is 0 Å². The first kappa shape index (κ1) is 17.0. The first-order valence-electron chi connectivity index (χ1n) is 8.76. The normalized spacial score (nSPS) is 21.4. The highest BCUT2D eigenvalue weighted by Crippen LogP contribution is 2.36. The van der Waals surface area contributed by atoms with Gasteiger partial charge in [-0.3, -0.25) is 9.59 Å². The van der Waals surface area contributed by atoms with Gasteiger partial charge in [-0.25, -0.2) is 0 Å². The Labute approximate surface area is 142 Å². The molecule has 2 aliphatic rings. The van der Waals surface area contributed by atoms with Crippen molar-refractivity contribution >= 4 is 11.9 Å². The molecule has 0 aromatic heterocycles. The van der Waals surface area contributed by atoms with Crippen molar-refractivity contribution in [2.24, 2.45) is 5.92 Å². The summed E-state index contributed by atoms with van der Waals surface area (Å²) in [5, 5.41) is 9.81. The van der Waals surface area contributed by atoms with Crippen molar-refractivity contribution < 1.29 is 19.4 Å². The molecule has 1 N–H and O–H groups in total. The molecule has 5 nitrogen and oxygen atoms in total. The number of carboxylic acids is 1. The largest absolute Gasteiger partial charge is 0.481 e. The van der Waals surface area contributed by atoms with E-state index < -0.39 is 11.4 Å². The summed E-state index contributed by atoms with van der Waals surface area (Å²) >= 11 is 0. The van der Waals surface area contributed by atoms with Crippen LogP contribution in [-0.4, -0.2) is 48.2 Å². The summed E-state index contributed by atoms with van der Waals surface area (Å²) in [5.74, 6) is -0.217. The van der Waals surface area contributed by atoms with Crippen LogP contribution in [0.15, 0.2) is 30.3 Å². The highest BCUT2D eigenvalue weighted by molar-refractivity contribution is 5.82. The summed E-state index contributed by atoms with van der Waals surface area (Å²) in [6, 6.07) is 9.41. The predicted molar refractivity (Wildman–Crippen MR) is 89.7 cm³/mol. The van der Waals surface area contributed by atoms with E-state index in [0.717, 1.165) is 31.6 Å². The Hall–Kier alpha value is -1.88. The molecule has 0 unspecified atom stereocenters. The highest BCUT2D eigenvalue weighted by Gasteiger charge is 2.43. The molecular formula is C19H25NO4. The van der Waals surface area contributed by atoms with Gasteiger partial charge in [0.15, 0.2) is 0 Å². The zero-order chi connectivity index (χ0) is 17.0. The van der Waals surface area contributed by atoms with Gasteiger partial charge in [-0.1, -0.05) is 30.3 Å². The van der Waals surface area contributed by atoms with E-state index in [0.29, 0.717) is 38.3 Å². The fraction of sp³-hybridized carbons (Fsp3) is 0.579. The van der Waals surface area contributed by atoms with Crippen molar-refractivity contribution in [1.82, 2.24) is 4.90 Å². The molecule has 1 aromatic rings. The number of hydrogen-bond acceptors (Lipinski definition) is 3. The van der Waals surface area contributed by atoms with Gasteiger partial charge >= 0.3 is 5.97 Å². The molecule has 1 aromatic carbocycles. The van der Waals surface area contributed by atoms with Crippen molar-refractivity contribution in [3.05, 3.63) is 35.9 Å². The second-order valence-corrected chi connectivity index (χ2v) is 6.89. The van der Waals surface area contributed by atoms with E-state index in [9.17, 15) is 14.7 Å². The van der Waals surface area contributed by atoms with Crippen molar-refractivity contribution in [2.45, 2.75) is 37.5 Å². The molecule has 2 aliphatic heterocycles. The number of rotatable bonds is 4. The van der Waals surface area contributed by atoms with E-state index in [1.165, 1.54) is 0 Å². The smallest absolute Gasteiger partial charge is 0.314 e. The first-order valence-corrected chi connectivity index (χ1v) is 8.76. The number of piperidine rings is 1. The quantitative estimate of drug-likeness (QED) is 0.920. The van der Waals surface area contributed by atoms with E-state index in [-0.39, 0.29) is 5.91 Å². The third kappa shape index (κ3) is 3.46. The lowest BCUT2D eigenvalue weighted by molar-refractivity contribution is -0.148. The van der Waals surface area contributed by atoms with Crippen molar-refractivity contribution in [3.8, 4) is 0 Å². The van der Waals surface area contributed by atoms with E-state index in [4.69, 9.17) is 4.74 Å². The number of carbonyl (C=O) groups is 2. The molecule has 0 saturated carbocycles. The monoisotopic (exact) mass is 331 g/mol. The van der Waals surface area contributed by atoms with E-state index in [2.05, 4.69) is 0 Å². The standard InChI is InChI=1S/C19H25NO4/c21-17(14-15-6-12-24-13-7-15)20-10-8-19(9-11-20,18(22)23)16-4-2-1-3-5-16/h1-5,15H,6-14H2,(H,22,23). The van der Waals surface area contributed by atoms with Crippen LogP contribution in [0.4, 0.5) is 0 Å². The molecule has 2 saturated heterocycles. The minimum absolute atomic E-state index is 0.161. The number of carbonyl (C=O) groups excluding carboxylic acids is 1. The van der Waals surface area contributed by atoms with Crippen LogP contribution in [-0.2, 0) is 19.7 Å². The number of likely N-dealkylation sites (tertiary alicyclic amines) is 1. The van der Waals surface area contributed by atoms with Gasteiger partial charge in [-0.2, -0.15) is 0 Å². The summed E-state index contributed by atoms with van der Waals surface area (Å²) < 4.78 is 5.34. The lowest BCUT2D eigenvalue weighted by atomic mass is 9.72. The van der Waals surface area contributed by atoms with Gasteiger partial charge in [-0.05, 0) is 37.2 Å². The van der Waals surface area contributed by atoms with Crippen molar-refractivity contribution in [2.75, 3.05) is 26.3 Å². The lowest BCUT2D eigenvalue weighted by Gasteiger charge is -2.39. The van der Waals surface area contributed by atoms with Gasteiger partial charge in [0.2, 0.25) is 5.91 Å². The van der Waals surface area contributed by atoms with Crippen LogP contribution in [0.5, 0.6) is 0 Å². The molecule has 2 fully saturated rings. The molecule has 2 heterocycles. The summed E-state index contributed by atoms with van der Waals surface area (Å²) in [6.07, 6.45) is 3.41. The maximum atomic E-state index is 12.5. The number of amides is 1. The minimum Gasteiger partial charge on any atom is -0.481 e. The minimum atomic E-state index is -0.864. The Kier molecular flexibility index (Phi) is 5.19. The number of nitrogens with zero attached hydrogens (tertiary/aromatic N) is 1. The summed E-state index contributed by atoms with van der Waals surface area (Å²) in [5.41, 5.74) is -0.0227. The van der Waals surface area contributed by atoms with Crippen LogP contribution in [0.25, 0.3) is 0 Å². The van der Waals surface area contributed by atoms with Gasteiger partial charge in [0.05, 0.1) is 5.41 Å². The van der Waals surface area contributed by atoms with E-state index >= 15 is 0 Å². The van der Waals surface area contributed by atoms with E-state index in [1.54, 1.807) is 0 Å². The second kappa shape index (κ2) is 7.34. The number of ether oxygens (including phenoxy) is 1. The van der Waals surface area contributed by atoms with Gasteiger partial charge in [0.1, 0.15) is 0 Å². The average molecular weight is 331 g/mol. The zero-order valence-electron chi connectivity index (χ0n) is 13.9. The van der Waals surface area contributed by atoms with Crippen LogP contribution in [0.1, 0.15) is 37.7 Å².